The van der Waals surface area contributed by atoms with Crippen LogP contribution in [0.3, 0.4) is 0 Å². The molecular formula is C26H22ClF3N4O5. The molecule has 0 spiro atoms. The first-order valence-electron chi connectivity index (χ1n) is 11.3. The Kier molecular flexibility index (Phi) is 8.66. The predicted molar refractivity (Wildman–Crippen MR) is 134 cm³/mol. The first-order chi connectivity index (χ1) is 18.2. The van der Waals surface area contributed by atoms with Gasteiger partial charge in [-0.3, -0.25) is 4.79 Å². The van der Waals surface area contributed by atoms with Gasteiger partial charge in [-0.1, -0.05) is 35.9 Å². The maximum atomic E-state index is 13.0. The molecule has 0 saturated carbocycles. The second-order valence-electron chi connectivity index (χ2n) is 9.00. The predicted octanol–water partition coefficient (Wildman–Crippen LogP) is 6.44. The quantitative estimate of drug-likeness (QED) is 0.245. The third-order valence-electron chi connectivity index (χ3n) is 5.33. The van der Waals surface area contributed by atoms with Crippen LogP contribution < -0.4 is 0 Å². The number of hydrogen-bond donors (Lipinski definition) is 1. The monoisotopic (exact) mass is 562 g/mol. The van der Waals surface area contributed by atoms with Crippen molar-refractivity contribution in [2.45, 2.75) is 33.2 Å². The van der Waals surface area contributed by atoms with Gasteiger partial charge in [0, 0.05) is 10.6 Å². The van der Waals surface area contributed by atoms with Gasteiger partial charge in [-0.2, -0.15) is 18.4 Å². The maximum Gasteiger partial charge on any atom is 0.510 e. The number of aliphatic carboxylic acids is 1. The molecule has 1 atom stereocenters. The van der Waals surface area contributed by atoms with Crippen molar-refractivity contribution in [3.8, 4) is 17.3 Å². The number of carbonyl (C=O) groups is 2. The van der Waals surface area contributed by atoms with Crippen LogP contribution in [-0.4, -0.2) is 38.8 Å². The van der Waals surface area contributed by atoms with E-state index in [1.54, 1.807) is 18.2 Å². The minimum atomic E-state index is -4.47. The second-order valence-corrected chi connectivity index (χ2v) is 9.44. The van der Waals surface area contributed by atoms with E-state index in [0.717, 1.165) is 16.9 Å². The Morgan fingerprint density at radius 3 is 2.49 bits per heavy atom. The highest BCUT2D eigenvalue weighted by atomic mass is 35.5. The fraction of sp³-hybridized carbons (Fsp3) is 0.269. The number of nitriles is 1. The number of benzene rings is 2. The van der Waals surface area contributed by atoms with Crippen LogP contribution in [-0.2, 0) is 20.4 Å². The van der Waals surface area contributed by atoms with Crippen LogP contribution in [0.2, 0.25) is 5.02 Å². The minimum Gasteiger partial charge on any atom is -0.481 e. The smallest absolute Gasteiger partial charge is 0.481 e. The molecule has 0 radical (unpaired) electrons. The van der Waals surface area contributed by atoms with Gasteiger partial charge in [-0.15, -0.1) is 15.0 Å². The van der Waals surface area contributed by atoms with Gasteiger partial charge in [0.2, 0.25) is 6.23 Å². The zero-order valence-electron chi connectivity index (χ0n) is 20.9. The molecule has 13 heteroatoms. The van der Waals surface area contributed by atoms with Crippen molar-refractivity contribution in [2.24, 2.45) is 5.41 Å². The summed E-state index contributed by atoms with van der Waals surface area (Å²) in [7, 11) is 0. The molecule has 9 nitrogen and oxygen atoms in total. The molecule has 0 aliphatic heterocycles. The zero-order chi connectivity index (χ0) is 29.0. The summed E-state index contributed by atoms with van der Waals surface area (Å²) in [5.74, 6) is -1.16. The molecule has 0 aliphatic rings. The van der Waals surface area contributed by atoms with Gasteiger partial charge in [0.05, 0.1) is 11.0 Å². The van der Waals surface area contributed by atoms with Crippen molar-refractivity contribution < 1.29 is 37.3 Å². The van der Waals surface area contributed by atoms with Crippen LogP contribution >= 0.6 is 11.6 Å². The van der Waals surface area contributed by atoms with Crippen LogP contribution in [0.5, 0.6) is 0 Å². The van der Waals surface area contributed by atoms with Gasteiger partial charge in [0.25, 0.3) is 0 Å². The van der Waals surface area contributed by atoms with E-state index in [1.807, 2.05) is 6.07 Å². The lowest BCUT2D eigenvalue weighted by Crippen LogP contribution is -2.31. The number of halogens is 4. The third-order valence-corrected chi connectivity index (χ3v) is 5.55. The summed E-state index contributed by atoms with van der Waals surface area (Å²) >= 11 is 6.25. The Labute approximate surface area is 226 Å². The molecule has 39 heavy (non-hydrogen) atoms. The van der Waals surface area contributed by atoms with E-state index in [-0.39, 0.29) is 16.4 Å². The van der Waals surface area contributed by atoms with Crippen LogP contribution in [0.25, 0.3) is 23.4 Å². The van der Waals surface area contributed by atoms with E-state index in [0.29, 0.717) is 16.7 Å². The van der Waals surface area contributed by atoms with Crippen molar-refractivity contribution in [3.05, 3.63) is 69.9 Å². The SMILES string of the molecule is CC(OC(=O)OCC(C)(C)C(=O)O)n1nc(C#N)c(-c2cc(Cl)cc(C=Cc3cccc(C(F)(F)F)c3)c2)n1. The summed E-state index contributed by atoms with van der Waals surface area (Å²) in [5.41, 5.74) is -0.885. The molecule has 0 amide bonds. The molecule has 0 bridgehead atoms. The highest BCUT2D eigenvalue weighted by molar-refractivity contribution is 6.31. The average molecular weight is 563 g/mol. The Morgan fingerprint density at radius 1 is 1.15 bits per heavy atom. The van der Waals surface area contributed by atoms with Gasteiger partial charge in [0.15, 0.2) is 5.69 Å². The van der Waals surface area contributed by atoms with Gasteiger partial charge in [-0.25, -0.2) is 4.79 Å². The van der Waals surface area contributed by atoms with E-state index >= 15 is 0 Å². The molecule has 0 saturated heterocycles. The van der Waals surface area contributed by atoms with Crippen LogP contribution in [0.1, 0.15) is 49.4 Å². The molecular weight excluding hydrogens is 541 g/mol. The Morgan fingerprint density at radius 2 is 1.85 bits per heavy atom. The molecule has 1 aromatic heterocycles. The first-order valence-corrected chi connectivity index (χ1v) is 11.7. The van der Waals surface area contributed by atoms with Crippen LogP contribution in [0, 0.1) is 16.7 Å². The van der Waals surface area contributed by atoms with E-state index in [2.05, 4.69) is 10.2 Å². The van der Waals surface area contributed by atoms with Gasteiger partial charge in [-0.05, 0) is 62.2 Å². The normalized spacial score (nSPS) is 12.7. The standard InChI is InChI=1S/C26H22ClF3N4O5/c1-15(39-24(37)38-14-25(2,3)23(35)36)34-32-21(13-31)22(33-34)18-9-17(11-20(27)12-18)8-7-16-5-4-6-19(10-16)26(28,29)30/h4-12,15H,14H2,1-3H3,(H,35,36). The van der Waals surface area contributed by atoms with Crippen molar-refractivity contribution in [2.75, 3.05) is 6.61 Å². The summed E-state index contributed by atoms with van der Waals surface area (Å²) in [6, 6.07) is 11.4. The molecule has 1 N–H and O–H groups in total. The number of aromatic nitrogens is 3. The van der Waals surface area contributed by atoms with Crippen LogP contribution in [0.4, 0.5) is 18.0 Å². The maximum absolute atomic E-state index is 13.0. The molecule has 3 rings (SSSR count). The summed E-state index contributed by atoms with van der Waals surface area (Å²) in [6.45, 7) is 3.73. The average Bonchev–Trinajstić information content (AvgIpc) is 3.30. The zero-order valence-corrected chi connectivity index (χ0v) is 21.6. The number of rotatable bonds is 8. The summed E-state index contributed by atoms with van der Waals surface area (Å²) in [5, 5.41) is 27.2. The van der Waals surface area contributed by atoms with Gasteiger partial charge >= 0.3 is 18.3 Å². The van der Waals surface area contributed by atoms with E-state index < -0.39 is 42.1 Å². The first kappa shape index (κ1) is 29.2. The number of ether oxygens (including phenoxy) is 2. The molecule has 1 heterocycles. The number of alkyl halides is 3. The minimum absolute atomic E-state index is 0.110. The lowest BCUT2D eigenvalue weighted by atomic mass is 9.95. The number of carboxylic acid groups (broad SMARTS) is 1. The fourth-order valence-electron chi connectivity index (χ4n) is 3.13. The van der Waals surface area contributed by atoms with Crippen molar-refractivity contribution in [1.29, 1.82) is 5.26 Å². The van der Waals surface area contributed by atoms with E-state index in [1.165, 1.54) is 45.0 Å². The Hall–Kier alpha value is -4.37. The molecule has 0 fully saturated rings. The van der Waals surface area contributed by atoms with Crippen molar-refractivity contribution in [1.82, 2.24) is 15.0 Å². The lowest BCUT2D eigenvalue weighted by Gasteiger charge is -2.19. The van der Waals surface area contributed by atoms with E-state index in [9.17, 15) is 28.0 Å². The lowest BCUT2D eigenvalue weighted by molar-refractivity contribution is -0.149. The number of carbonyl (C=O) groups excluding carboxylic acids is 1. The van der Waals surface area contributed by atoms with E-state index in [4.69, 9.17) is 26.2 Å². The highest BCUT2D eigenvalue weighted by Crippen LogP contribution is 2.31. The third kappa shape index (κ3) is 7.58. The number of nitrogens with zero attached hydrogens (tertiary/aromatic N) is 4. The van der Waals surface area contributed by atoms with Gasteiger partial charge < -0.3 is 14.6 Å². The summed E-state index contributed by atoms with van der Waals surface area (Å²) < 4.78 is 49.0. The number of hydrogen-bond acceptors (Lipinski definition) is 7. The Bertz CT molecular complexity index is 1460. The van der Waals surface area contributed by atoms with Crippen molar-refractivity contribution >= 4 is 35.9 Å². The van der Waals surface area contributed by atoms with Crippen LogP contribution in [0.15, 0.2) is 42.5 Å². The van der Waals surface area contributed by atoms with Crippen molar-refractivity contribution in [3.63, 3.8) is 0 Å². The summed E-state index contributed by atoms with van der Waals surface area (Å²) in [6.07, 6.45) is -3.70. The Balaban J connectivity index is 1.82. The molecule has 0 aliphatic carbocycles. The highest BCUT2D eigenvalue weighted by Gasteiger charge is 2.31. The molecule has 2 aromatic carbocycles. The molecule has 204 valence electrons. The fourth-order valence-corrected chi connectivity index (χ4v) is 3.38. The summed E-state index contributed by atoms with van der Waals surface area (Å²) in [4.78, 5) is 24.1. The largest absolute Gasteiger partial charge is 0.510 e. The molecule has 1 unspecified atom stereocenters. The number of carboxylic acids is 1. The topological polar surface area (TPSA) is 127 Å². The molecule has 3 aromatic rings. The second kappa shape index (κ2) is 11.6. The van der Waals surface area contributed by atoms with Gasteiger partial charge in [0.1, 0.15) is 18.4 Å².